The minimum absolute atomic E-state index is 0.0529. The van der Waals surface area contributed by atoms with Gasteiger partial charge in [0.1, 0.15) is 23.0 Å². The van der Waals surface area contributed by atoms with Gasteiger partial charge in [-0.25, -0.2) is 0 Å². The van der Waals surface area contributed by atoms with Gasteiger partial charge in [0.2, 0.25) is 0 Å². The van der Waals surface area contributed by atoms with Crippen LogP contribution in [0.3, 0.4) is 0 Å². The molecular formula is C28H24N2O4. The first-order chi connectivity index (χ1) is 16.6. The number of hydrogen-bond donors (Lipinski definition) is 4. The topological polar surface area (TPSA) is 106 Å². The number of phenols is 4. The lowest BCUT2D eigenvalue weighted by Gasteiger charge is -2.12. The summed E-state index contributed by atoms with van der Waals surface area (Å²) in [5, 5.41) is 41.6. The summed E-state index contributed by atoms with van der Waals surface area (Å²) in [5.41, 5.74) is 2.87. The zero-order valence-electron chi connectivity index (χ0n) is 18.3. The fraction of sp³-hybridized carbons (Fsp3) is 0.0714. The third-order valence-electron chi connectivity index (χ3n) is 5.28. The van der Waals surface area contributed by atoms with E-state index in [2.05, 4.69) is 9.98 Å². The molecule has 4 N–H and O–H groups in total. The first-order valence-electron chi connectivity index (χ1n) is 10.8. The number of aliphatic imine (C=N–C) groups is 2. The maximum absolute atomic E-state index is 10.4. The number of para-hydroxylation sites is 4. The number of rotatable bonds is 7. The highest BCUT2D eigenvalue weighted by atomic mass is 16.3. The van der Waals surface area contributed by atoms with Crippen LogP contribution in [0.25, 0.3) is 0 Å². The maximum atomic E-state index is 10.4. The molecule has 0 aliphatic heterocycles. The van der Waals surface area contributed by atoms with Gasteiger partial charge in [-0.3, -0.25) is 9.98 Å². The third kappa shape index (κ3) is 4.91. The summed E-state index contributed by atoms with van der Waals surface area (Å²) in [7, 11) is 0. The minimum Gasteiger partial charge on any atom is -0.507 e. The van der Waals surface area contributed by atoms with E-state index in [1.165, 1.54) is 0 Å². The van der Waals surface area contributed by atoms with Crippen LogP contribution in [-0.4, -0.2) is 44.9 Å². The van der Waals surface area contributed by atoms with Crippen molar-refractivity contribution in [1.82, 2.24) is 0 Å². The van der Waals surface area contributed by atoms with E-state index in [-0.39, 0.29) is 36.1 Å². The Morgan fingerprint density at radius 3 is 0.882 bits per heavy atom. The molecule has 0 amide bonds. The second-order valence-electron chi connectivity index (χ2n) is 7.53. The van der Waals surface area contributed by atoms with E-state index in [1.54, 1.807) is 97.1 Å². The van der Waals surface area contributed by atoms with Gasteiger partial charge >= 0.3 is 0 Å². The van der Waals surface area contributed by atoms with Crippen LogP contribution < -0.4 is 0 Å². The summed E-state index contributed by atoms with van der Waals surface area (Å²) >= 11 is 0. The number of hydrogen-bond acceptors (Lipinski definition) is 6. The molecule has 6 nitrogen and oxygen atoms in total. The molecule has 4 aromatic carbocycles. The Bertz CT molecular complexity index is 1160. The highest BCUT2D eigenvalue weighted by Crippen LogP contribution is 2.27. The average molecular weight is 453 g/mol. The number of aromatic hydroxyl groups is 4. The predicted molar refractivity (Wildman–Crippen MR) is 133 cm³/mol. The van der Waals surface area contributed by atoms with Gasteiger partial charge in [-0.2, -0.15) is 0 Å². The second-order valence-corrected chi connectivity index (χ2v) is 7.53. The normalized spacial score (nSPS) is 10.5. The Morgan fingerprint density at radius 2 is 0.647 bits per heavy atom. The molecule has 0 bridgehead atoms. The lowest BCUT2D eigenvalue weighted by Crippen LogP contribution is -2.09. The number of benzene rings is 4. The fourth-order valence-corrected chi connectivity index (χ4v) is 3.65. The van der Waals surface area contributed by atoms with Gasteiger partial charge in [0, 0.05) is 22.3 Å². The average Bonchev–Trinajstić information content (AvgIpc) is 2.84. The van der Waals surface area contributed by atoms with Gasteiger partial charge in [-0.05, 0) is 48.5 Å². The number of nitrogens with zero attached hydrogens (tertiary/aromatic N) is 2. The summed E-state index contributed by atoms with van der Waals surface area (Å²) in [6.07, 6.45) is 0. The summed E-state index contributed by atoms with van der Waals surface area (Å²) in [5.74, 6) is 0.212. The Morgan fingerprint density at radius 1 is 0.412 bits per heavy atom. The molecule has 34 heavy (non-hydrogen) atoms. The summed E-state index contributed by atoms with van der Waals surface area (Å²) < 4.78 is 0. The second kappa shape index (κ2) is 10.4. The molecule has 6 heteroatoms. The molecule has 0 saturated heterocycles. The van der Waals surface area contributed by atoms with Crippen molar-refractivity contribution in [3.8, 4) is 23.0 Å². The molecule has 0 spiro atoms. The standard InChI is InChI=1S/C28H24N2O4/c31-23-13-5-1-9-19(23)27(20-10-2-6-14-24(20)32)29-17-18-30-28(21-11-3-7-15-25(21)33)22-12-4-8-16-26(22)34/h1-16,31-34H,17-18H2. The van der Waals surface area contributed by atoms with E-state index in [9.17, 15) is 20.4 Å². The molecule has 0 fully saturated rings. The molecular weight excluding hydrogens is 428 g/mol. The van der Waals surface area contributed by atoms with Gasteiger partial charge in [0.25, 0.3) is 0 Å². The van der Waals surface area contributed by atoms with Gasteiger partial charge in [0.15, 0.2) is 0 Å². The highest BCUT2D eigenvalue weighted by Gasteiger charge is 2.16. The molecule has 0 unspecified atom stereocenters. The van der Waals surface area contributed by atoms with E-state index in [0.29, 0.717) is 33.7 Å². The monoisotopic (exact) mass is 452 g/mol. The van der Waals surface area contributed by atoms with E-state index in [4.69, 9.17) is 0 Å². The Hall–Kier alpha value is -4.58. The van der Waals surface area contributed by atoms with Gasteiger partial charge in [0.05, 0.1) is 24.5 Å². The Labute approximate surface area is 197 Å². The zero-order chi connectivity index (χ0) is 23.9. The first kappa shape index (κ1) is 22.6. The molecule has 0 saturated carbocycles. The largest absolute Gasteiger partial charge is 0.507 e. The zero-order valence-corrected chi connectivity index (χ0v) is 18.3. The van der Waals surface area contributed by atoms with Crippen LogP contribution in [0.15, 0.2) is 107 Å². The van der Waals surface area contributed by atoms with E-state index >= 15 is 0 Å². The van der Waals surface area contributed by atoms with Crippen LogP contribution >= 0.6 is 0 Å². The quantitative estimate of drug-likeness (QED) is 0.237. The molecule has 4 aromatic rings. The van der Waals surface area contributed by atoms with Crippen molar-refractivity contribution in [1.29, 1.82) is 0 Å². The molecule has 0 aromatic heterocycles. The first-order valence-corrected chi connectivity index (χ1v) is 10.8. The van der Waals surface area contributed by atoms with Gasteiger partial charge in [-0.15, -0.1) is 0 Å². The Kier molecular flexibility index (Phi) is 6.89. The minimum atomic E-state index is 0.0529. The SMILES string of the molecule is Oc1ccccc1C(=NCCN=C(c1ccccc1O)c1ccccc1O)c1ccccc1O. The van der Waals surface area contributed by atoms with Crippen molar-refractivity contribution in [3.05, 3.63) is 119 Å². The van der Waals surface area contributed by atoms with Crippen LogP contribution in [0, 0.1) is 0 Å². The maximum Gasteiger partial charge on any atom is 0.124 e. The summed E-state index contributed by atoms with van der Waals surface area (Å²) in [6, 6.07) is 27.2. The molecule has 170 valence electrons. The van der Waals surface area contributed by atoms with Crippen LogP contribution in [0.5, 0.6) is 23.0 Å². The highest BCUT2D eigenvalue weighted by molar-refractivity contribution is 6.16. The van der Waals surface area contributed by atoms with Crippen molar-refractivity contribution in [2.45, 2.75) is 0 Å². The van der Waals surface area contributed by atoms with Crippen molar-refractivity contribution in [2.75, 3.05) is 13.1 Å². The number of phenolic OH excluding ortho intramolecular Hbond substituents is 4. The summed E-state index contributed by atoms with van der Waals surface area (Å²) in [4.78, 5) is 9.31. The van der Waals surface area contributed by atoms with Crippen LogP contribution in [0.4, 0.5) is 0 Å². The molecule has 0 atom stereocenters. The van der Waals surface area contributed by atoms with Gasteiger partial charge in [-0.1, -0.05) is 48.5 Å². The van der Waals surface area contributed by atoms with E-state index in [1.807, 2.05) is 0 Å². The Balaban J connectivity index is 1.71. The molecule has 4 rings (SSSR count). The van der Waals surface area contributed by atoms with Crippen molar-refractivity contribution >= 4 is 11.4 Å². The lowest BCUT2D eigenvalue weighted by atomic mass is 10.00. The van der Waals surface area contributed by atoms with E-state index < -0.39 is 0 Å². The van der Waals surface area contributed by atoms with Gasteiger partial charge < -0.3 is 20.4 Å². The lowest BCUT2D eigenvalue weighted by molar-refractivity contribution is 0.471. The molecule has 0 aliphatic carbocycles. The van der Waals surface area contributed by atoms with Crippen LogP contribution in [0.2, 0.25) is 0 Å². The molecule has 0 heterocycles. The van der Waals surface area contributed by atoms with Crippen molar-refractivity contribution in [2.24, 2.45) is 9.98 Å². The predicted octanol–water partition coefficient (Wildman–Crippen LogP) is 4.88. The molecule has 0 aliphatic rings. The molecule has 0 radical (unpaired) electrons. The third-order valence-corrected chi connectivity index (χ3v) is 5.28. The summed E-state index contributed by atoms with van der Waals surface area (Å²) in [6.45, 7) is 0.478. The van der Waals surface area contributed by atoms with E-state index in [0.717, 1.165) is 0 Å². The van der Waals surface area contributed by atoms with Crippen molar-refractivity contribution < 1.29 is 20.4 Å². The van der Waals surface area contributed by atoms with Crippen molar-refractivity contribution in [3.63, 3.8) is 0 Å². The smallest absolute Gasteiger partial charge is 0.124 e. The van der Waals surface area contributed by atoms with Crippen LogP contribution in [-0.2, 0) is 0 Å². The fourth-order valence-electron chi connectivity index (χ4n) is 3.65. The van der Waals surface area contributed by atoms with Crippen LogP contribution in [0.1, 0.15) is 22.3 Å².